The highest BCUT2D eigenvalue weighted by molar-refractivity contribution is 14.0. The Kier molecular flexibility index (Phi) is 7.99. The van der Waals surface area contributed by atoms with Crippen molar-refractivity contribution in [3.63, 3.8) is 0 Å². The summed E-state index contributed by atoms with van der Waals surface area (Å²) in [5.41, 5.74) is 1.54. The predicted octanol–water partition coefficient (Wildman–Crippen LogP) is 4.35. The highest BCUT2D eigenvalue weighted by Gasteiger charge is 2.13. The summed E-state index contributed by atoms with van der Waals surface area (Å²) in [4.78, 5) is 13.2. The number of aliphatic imine (C=N–C) groups is 1. The summed E-state index contributed by atoms with van der Waals surface area (Å²) in [5, 5.41) is 11.7. The van der Waals surface area contributed by atoms with Crippen LogP contribution in [0.15, 0.2) is 68.7 Å². The molecule has 162 valence electrons. The van der Waals surface area contributed by atoms with Gasteiger partial charge in [0.1, 0.15) is 17.0 Å². The average Bonchev–Trinajstić information content (AvgIpc) is 3.42. The minimum Gasteiger partial charge on any atom is -0.459 e. The van der Waals surface area contributed by atoms with E-state index in [0.29, 0.717) is 36.3 Å². The first-order chi connectivity index (χ1) is 14.7. The number of para-hydroxylation sites is 1. The number of pyridine rings is 1. The van der Waals surface area contributed by atoms with Crippen molar-refractivity contribution in [2.24, 2.45) is 4.99 Å². The fraction of sp³-hybridized carbons (Fsp3) is 0.273. The second-order valence-corrected chi connectivity index (χ2v) is 6.79. The van der Waals surface area contributed by atoms with Crippen LogP contribution in [0.4, 0.5) is 0 Å². The van der Waals surface area contributed by atoms with Gasteiger partial charge in [0.25, 0.3) is 5.89 Å². The number of hydrogen-bond donors (Lipinski definition) is 2. The standard InChI is InChI=1S/C22H24N6O2.HI/c1-3-23-22(26-15(2)19-14-16-8-4-5-10-18(16)29-19)25-13-11-20-27-21(30-28-20)17-9-6-7-12-24-17;/h4-10,12,14-15H,3,11,13H2,1-2H3,(H2,23,25,26);1H. The van der Waals surface area contributed by atoms with Gasteiger partial charge in [-0.1, -0.05) is 29.4 Å². The topological polar surface area (TPSA) is 101 Å². The van der Waals surface area contributed by atoms with Gasteiger partial charge in [-0.25, -0.2) is 0 Å². The summed E-state index contributed by atoms with van der Waals surface area (Å²) in [6.45, 7) is 5.35. The van der Waals surface area contributed by atoms with Crippen LogP contribution in [-0.4, -0.2) is 34.2 Å². The molecule has 8 nitrogen and oxygen atoms in total. The van der Waals surface area contributed by atoms with Gasteiger partial charge in [-0.15, -0.1) is 24.0 Å². The lowest BCUT2D eigenvalue weighted by Gasteiger charge is -2.15. The molecule has 0 spiro atoms. The number of fused-ring (bicyclic) bond motifs is 1. The molecule has 1 atom stereocenters. The molecule has 31 heavy (non-hydrogen) atoms. The Bertz CT molecular complexity index is 1090. The van der Waals surface area contributed by atoms with E-state index in [9.17, 15) is 0 Å². The van der Waals surface area contributed by atoms with Gasteiger partial charge in [-0.05, 0) is 38.1 Å². The SMILES string of the molecule is CCNC(=NCCc1noc(-c2ccccn2)n1)NC(C)c1cc2ccccc2o1.I. The molecule has 0 saturated carbocycles. The van der Waals surface area contributed by atoms with Crippen LogP contribution in [0.3, 0.4) is 0 Å². The van der Waals surface area contributed by atoms with Crippen LogP contribution in [0.5, 0.6) is 0 Å². The van der Waals surface area contributed by atoms with E-state index in [2.05, 4.69) is 36.8 Å². The fourth-order valence-corrected chi connectivity index (χ4v) is 3.03. The molecule has 3 heterocycles. The zero-order valence-corrected chi connectivity index (χ0v) is 19.7. The first-order valence-electron chi connectivity index (χ1n) is 10.00. The highest BCUT2D eigenvalue weighted by Crippen LogP contribution is 2.23. The van der Waals surface area contributed by atoms with E-state index in [1.807, 2.05) is 56.3 Å². The summed E-state index contributed by atoms with van der Waals surface area (Å²) >= 11 is 0. The largest absolute Gasteiger partial charge is 0.459 e. The van der Waals surface area contributed by atoms with Crippen molar-refractivity contribution in [2.75, 3.05) is 13.1 Å². The molecular formula is C22H25IN6O2. The fourth-order valence-electron chi connectivity index (χ4n) is 3.03. The number of aromatic nitrogens is 3. The molecular weight excluding hydrogens is 507 g/mol. The van der Waals surface area contributed by atoms with Crippen LogP contribution >= 0.6 is 24.0 Å². The predicted molar refractivity (Wildman–Crippen MR) is 130 cm³/mol. The molecule has 0 radical (unpaired) electrons. The quantitative estimate of drug-likeness (QED) is 0.207. The lowest BCUT2D eigenvalue weighted by Crippen LogP contribution is -2.38. The summed E-state index contributed by atoms with van der Waals surface area (Å²) in [7, 11) is 0. The van der Waals surface area contributed by atoms with Gasteiger partial charge >= 0.3 is 0 Å². The first kappa shape index (κ1) is 22.7. The molecule has 0 bridgehead atoms. The van der Waals surface area contributed by atoms with E-state index in [1.54, 1.807) is 6.20 Å². The van der Waals surface area contributed by atoms with Crippen molar-refractivity contribution in [2.45, 2.75) is 26.3 Å². The molecule has 0 aliphatic heterocycles. The van der Waals surface area contributed by atoms with Crippen molar-refractivity contribution in [1.29, 1.82) is 0 Å². The second-order valence-electron chi connectivity index (χ2n) is 6.79. The first-order valence-corrected chi connectivity index (χ1v) is 10.00. The van der Waals surface area contributed by atoms with E-state index in [-0.39, 0.29) is 30.0 Å². The third kappa shape index (κ3) is 5.81. The molecule has 4 aromatic rings. The van der Waals surface area contributed by atoms with E-state index >= 15 is 0 Å². The summed E-state index contributed by atoms with van der Waals surface area (Å²) in [6.07, 6.45) is 2.26. The van der Waals surface area contributed by atoms with Gasteiger partial charge in [-0.2, -0.15) is 4.98 Å². The van der Waals surface area contributed by atoms with E-state index in [4.69, 9.17) is 8.94 Å². The van der Waals surface area contributed by atoms with Crippen LogP contribution in [-0.2, 0) is 6.42 Å². The van der Waals surface area contributed by atoms with Gasteiger partial charge < -0.3 is 19.6 Å². The smallest absolute Gasteiger partial charge is 0.276 e. The maximum Gasteiger partial charge on any atom is 0.276 e. The lowest BCUT2D eigenvalue weighted by atomic mass is 10.2. The van der Waals surface area contributed by atoms with E-state index < -0.39 is 0 Å². The number of guanidine groups is 1. The van der Waals surface area contributed by atoms with Gasteiger partial charge in [0.05, 0.1) is 6.04 Å². The Labute approximate surface area is 197 Å². The highest BCUT2D eigenvalue weighted by atomic mass is 127. The van der Waals surface area contributed by atoms with Crippen LogP contribution < -0.4 is 10.6 Å². The zero-order chi connectivity index (χ0) is 20.8. The number of furan rings is 1. The normalized spacial score (nSPS) is 12.4. The molecule has 0 amide bonds. The lowest BCUT2D eigenvalue weighted by molar-refractivity contribution is 0.421. The molecule has 3 aromatic heterocycles. The summed E-state index contributed by atoms with van der Waals surface area (Å²) in [5.74, 6) is 2.58. The molecule has 0 saturated heterocycles. The van der Waals surface area contributed by atoms with Gasteiger partial charge in [-0.3, -0.25) is 9.98 Å². The number of hydrogen-bond acceptors (Lipinski definition) is 6. The third-order valence-corrected chi connectivity index (χ3v) is 4.53. The number of nitrogens with zero attached hydrogens (tertiary/aromatic N) is 4. The maximum atomic E-state index is 5.94. The Morgan fingerprint density at radius 2 is 2.00 bits per heavy atom. The molecule has 0 aliphatic rings. The Morgan fingerprint density at radius 3 is 2.77 bits per heavy atom. The zero-order valence-electron chi connectivity index (χ0n) is 17.4. The average molecular weight is 532 g/mol. The second kappa shape index (κ2) is 10.9. The Hall–Kier alpha value is -2.95. The molecule has 0 aliphatic carbocycles. The maximum absolute atomic E-state index is 5.94. The Balaban J connectivity index is 0.00000272. The van der Waals surface area contributed by atoms with Crippen molar-refractivity contribution < 1.29 is 8.94 Å². The van der Waals surface area contributed by atoms with Gasteiger partial charge in [0.2, 0.25) is 0 Å². The van der Waals surface area contributed by atoms with Crippen molar-refractivity contribution in [3.8, 4) is 11.6 Å². The van der Waals surface area contributed by atoms with Gasteiger partial charge in [0, 0.05) is 31.1 Å². The van der Waals surface area contributed by atoms with E-state index in [1.165, 1.54) is 0 Å². The van der Waals surface area contributed by atoms with Crippen molar-refractivity contribution >= 4 is 40.9 Å². The number of rotatable bonds is 7. The molecule has 1 unspecified atom stereocenters. The minimum atomic E-state index is -0.0314. The van der Waals surface area contributed by atoms with Gasteiger partial charge in [0.15, 0.2) is 11.8 Å². The van der Waals surface area contributed by atoms with Crippen LogP contribution in [0.25, 0.3) is 22.6 Å². The summed E-state index contributed by atoms with van der Waals surface area (Å²) < 4.78 is 11.2. The van der Waals surface area contributed by atoms with E-state index in [0.717, 1.165) is 23.3 Å². The Morgan fingerprint density at radius 1 is 1.16 bits per heavy atom. The molecule has 2 N–H and O–H groups in total. The molecule has 4 rings (SSSR count). The van der Waals surface area contributed by atoms with Crippen LogP contribution in [0.2, 0.25) is 0 Å². The third-order valence-electron chi connectivity index (χ3n) is 4.53. The van der Waals surface area contributed by atoms with Crippen LogP contribution in [0, 0.1) is 0 Å². The molecule has 9 heteroatoms. The molecule has 1 aromatic carbocycles. The summed E-state index contributed by atoms with van der Waals surface area (Å²) in [6, 6.07) is 15.6. The monoisotopic (exact) mass is 532 g/mol. The van der Waals surface area contributed by atoms with Crippen molar-refractivity contribution in [1.82, 2.24) is 25.8 Å². The number of halogens is 1. The minimum absolute atomic E-state index is 0. The van der Waals surface area contributed by atoms with Crippen molar-refractivity contribution in [3.05, 3.63) is 66.3 Å². The molecule has 0 fully saturated rings. The van der Waals surface area contributed by atoms with Crippen LogP contribution in [0.1, 0.15) is 31.5 Å². The number of nitrogens with one attached hydrogen (secondary N) is 2. The number of benzene rings is 1.